The molecular formula is C14H12F3NO. The van der Waals surface area contributed by atoms with Crippen molar-refractivity contribution in [2.24, 2.45) is 0 Å². The van der Waals surface area contributed by atoms with E-state index in [1.807, 2.05) is 30.3 Å². The molecule has 0 aliphatic heterocycles. The number of aromatic nitrogens is 1. The Hall–Kier alpha value is -2.04. The van der Waals surface area contributed by atoms with E-state index in [2.05, 4.69) is 0 Å². The maximum atomic E-state index is 12.5. The quantitative estimate of drug-likeness (QED) is 0.837. The molecule has 1 aromatic carbocycles. The van der Waals surface area contributed by atoms with E-state index in [0.29, 0.717) is 6.42 Å². The molecule has 0 amide bonds. The lowest BCUT2D eigenvalue weighted by Crippen LogP contribution is -2.22. The van der Waals surface area contributed by atoms with E-state index in [9.17, 15) is 18.0 Å². The van der Waals surface area contributed by atoms with E-state index in [4.69, 9.17) is 0 Å². The predicted octanol–water partition coefficient (Wildman–Crippen LogP) is 3.11. The summed E-state index contributed by atoms with van der Waals surface area (Å²) in [5.41, 5.74) is -0.254. The first kappa shape index (κ1) is 13.4. The van der Waals surface area contributed by atoms with Crippen molar-refractivity contribution in [3.05, 3.63) is 70.1 Å². The number of pyridine rings is 1. The van der Waals surface area contributed by atoms with Gasteiger partial charge in [-0.2, -0.15) is 13.2 Å². The Morgan fingerprint density at radius 3 is 2.32 bits per heavy atom. The van der Waals surface area contributed by atoms with E-state index in [0.717, 1.165) is 28.5 Å². The van der Waals surface area contributed by atoms with Crippen molar-refractivity contribution >= 4 is 0 Å². The third kappa shape index (κ3) is 3.47. The maximum Gasteiger partial charge on any atom is 0.417 e. The molecule has 0 radical (unpaired) electrons. The Morgan fingerprint density at radius 1 is 1.00 bits per heavy atom. The lowest BCUT2D eigenvalue weighted by atomic mass is 10.1. The lowest BCUT2D eigenvalue weighted by molar-refractivity contribution is -0.138. The van der Waals surface area contributed by atoms with Crippen LogP contribution < -0.4 is 5.56 Å². The van der Waals surface area contributed by atoms with Crippen molar-refractivity contribution in [1.29, 1.82) is 0 Å². The second-order valence-electron chi connectivity index (χ2n) is 4.18. The molecular weight excluding hydrogens is 255 g/mol. The Bertz CT molecular complexity index is 602. The van der Waals surface area contributed by atoms with Gasteiger partial charge in [0, 0.05) is 18.8 Å². The highest BCUT2D eigenvalue weighted by Gasteiger charge is 2.30. The van der Waals surface area contributed by atoms with Gasteiger partial charge in [-0.05, 0) is 18.1 Å². The van der Waals surface area contributed by atoms with E-state index < -0.39 is 17.3 Å². The van der Waals surface area contributed by atoms with Gasteiger partial charge in [-0.1, -0.05) is 30.3 Å². The molecule has 0 fully saturated rings. The molecule has 0 spiro atoms. The molecule has 0 saturated carbocycles. The fourth-order valence-corrected chi connectivity index (χ4v) is 1.77. The van der Waals surface area contributed by atoms with Crippen molar-refractivity contribution in [1.82, 2.24) is 4.57 Å². The van der Waals surface area contributed by atoms with Crippen molar-refractivity contribution in [3.63, 3.8) is 0 Å². The van der Waals surface area contributed by atoms with Gasteiger partial charge in [0.2, 0.25) is 0 Å². The Kier molecular flexibility index (Phi) is 3.74. The third-order valence-electron chi connectivity index (χ3n) is 2.80. The Balaban J connectivity index is 2.18. The fourth-order valence-electron chi connectivity index (χ4n) is 1.77. The molecule has 0 aliphatic rings. The molecule has 2 rings (SSSR count). The van der Waals surface area contributed by atoms with Crippen LogP contribution >= 0.6 is 0 Å². The van der Waals surface area contributed by atoms with Gasteiger partial charge in [0.1, 0.15) is 0 Å². The van der Waals surface area contributed by atoms with Crippen molar-refractivity contribution < 1.29 is 13.2 Å². The van der Waals surface area contributed by atoms with Crippen LogP contribution in [0.1, 0.15) is 11.1 Å². The number of hydrogen-bond donors (Lipinski definition) is 0. The molecule has 19 heavy (non-hydrogen) atoms. The highest BCUT2D eigenvalue weighted by molar-refractivity contribution is 5.16. The molecule has 2 aromatic rings. The van der Waals surface area contributed by atoms with Crippen molar-refractivity contribution in [2.45, 2.75) is 19.1 Å². The lowest BCUT2D eigenvalue weighted by Gasteiger charge is -2.10. The normalized spacial score (nSPS) is 11.5. The largest absolute Gasteiger partial charge is 0.417 e. The zero-order valence-electron chi connectivity index (χ0n) is 10.0. The molecule has 1 heterocycles. The van der Waals surface area contributed by atoms with Crippen LogP contribution in [0.5, 0.6) is 0 Å². The number of rotatable bonds is 3. The summed E-state index contributed by atoms with van der Waals surface area (Å²) in [6.45, 7) is 0.229. The summed E-state index contributed by atoms with van der Waals surface area (Å²) in [4.78, 5) is 11.5. The van der Waals surface area contributed by atoms with Crippen LogP contribution in [0.15, 0.2) is 53.5 Å². The summed E-state index contributed by atoms with van der Waals surface area (Å²) in [5.74, 6) is 0. The zero-order valence-corrected chi connectivity index (χ0v) is 10.0. The second kappa shape index (κ2) is 5.30. The molecule has 2 nitrogen and oxygen atoms in total. The summed E-state index contributed by atoms with van der Waals surface area (Å²) < 4.78 is 38.7. The summed E-state index contributed by atoms with van der Waals surface area (Å²) in [6.07, 6.45) is -3.05. The number of aryl methyl sites for hydroxylation is 2. The van der Waals surface area contributed by atoms with E-state index in [-0.39, 0.29) is 6.54 Å². The average molecular weight is 267 g/mol. The first-order valence-corrected chi connectivity index (χ1v) is 5.78. The van der Waals surface area contributed by atoms with Gasteiger partial charge in [-0.25, -0.2) is 0 Å². The molecule has 0 N–H and O–H groups in total. The first-order chi connectivity index (χ1) is 8.97. The maximum absolute atomic E-state index is 12.5. The molecule has 0 aliphatic carbocycles. The van der Waals surface area contributed by atoms with Crippen LogP contribution in [0, 0.1) is 0 Å². The number of hydrogen-bond acceptors (Lipinski definition) is 1. The number of halogens is 3. The first-order valence-electron chi connectivity index (χ1n) is 5.78. The van der Waals surface area contributed by atoms with E-state index >= 15 is 0 Å². The molecule has 0 saturated heterocycles. The van der Waals surface area contributed by atoms with E-state index in [1.165, 1.54) is 0 Å². The summed E-state index contributed by atoms with van der Waals surface area (Å²) in [6, 6.07) is 11.1. The van der Waals surface area contributed by atoms with Crippen LogP contribution in [0.2, 0.25) is 0 Å². The number of nitrogens with zero attached hydrogens (tertiary/aromatic N) is 1. The van der Waals surface area contributed by atoms with Gasteiger partial charge in [0.05, 0.1) is 5.56 Å². The Morgan fingerprint density at radius 2 is 1.68 bits per heavy atom. The van der Waals surface area contributed by atoms with Crippen LogP contribution in [0.4, 0.5) is 13.2 Å². The zero-order chi connectivity index (χ0) is 13.9. The van der Waals surface area contributed by atoms with Crippen LogP contribution in [0.3, 0.4) is 0 Å². The van der Waals surface area contributed by atoms with Crippen molar-refractivity contribution in [3.8, 4) is 0 Å². The van der Waals surface area contributed by atoms with Gasteiger partial charge < -0.3 is 4.57 Å². The average Bonchev–Trinajstić information content (AvgIpc) is 2.37. The standard InChI is InChI=1S/C14H12F3NO/c15-14(16,17)12-6-7-13(19)18(10-12)9-8-11-4-2-1-3-5-11/h1-7,10H,8-9H2. The minimum atomic E-state index is -4.43. The Labute approximate surface area is 108 Å². The predicted molar refractivity (Wildman–Crippen MR) is 65.9 cm³/mol. The van der Waals surface area contributed by atoms with Gasteiger partial charge in [0.15, 0.2) is 0 Å². The molecule has 100 valence electrons. The molecule has 0 bridgehead atoms. The minimum absolute atomic E-state index is 0.229. The fraction of sp³-hybridized carbons (Fsp3) is 0.214. The summed E-state index contributed by atoms with van der Waals surface area (Å²) in [7, 11) is 0. The van der Waals surface area contributed by atoms with Crippen LogP contribution in [-0.2, 0) is 19.1 Å². The van der Waals surface area contributed by atoms with Crippen LogP contribution in [-0.4, -0.2) is 4.57 Å². The van der Waals surface area contributed by atoms with Gasteiger partial charge >= 0.3 is 6.18 Å². The van der Waals surface area contributed by atoms with E-state index in [1.54, 1.807) is 0 Å². The highest BCUT2D eigenvalue weighted by atomic mass is 19.4. The number of alkyl halides is 3. The second-order valence-corrected chi connectivity index (χ2v) is 4.18. The summed E-state index contributed by atoms with van der Waals surface area (Å²) in [5, 5.41) is 0. The SMILES string of the molecule is O=c1ccc(C(F)(F)F)cn1CCc1ccccc1. The monoisotopic (exact) mass is 267 g/mol. The topological polar surface area (TPSA) is 22.0 Å². The molecule has 1 aromatic heterocycles. The smallest absolute Gasteiger partial charge is 0.315 e. The summed E-state index contributed by atoms with van der Waals surface area (Å²) >= 11 is 0. The van der Waals surface area contributed by atoms with Gasteiger partial charge in [0.25, 0.3) is 5.56 Å². The molecule has 5 heteroatoms. The third-order valence-corrected chi connectivity index (χ3v) is 2.80. The van der Waals surface area contributed by atoms with Crippen molar-refractivity contribution in [2.75, 3.05) is 0 Å². The van der Waals surface area contributed by atoms with Crippen LogP contribution in [0.25, 0.3) is 0 Å². The highest BCUT2D eigenvalue weighted by Crippen LogP contribution is 2.28. The molecule has 0 unspecified atom stereocenters. The van der Waals surface area contributed by atoms with Gasteiger partial charge in [-0.3, -0.25) is 4.79 Å². The minimum Gasteiger partial charge on any atom is -0.315 e. The number of benzene rings is 1. The van der Waals surface area contributed by atoms with Gasteiger partial charge in [-0.15, -0.1) is 0 Å². The molecule has 0 atom stereocenters.